The van der Waals surface area contributed by atoms with Crippen molar-refractivity contribution in [2.45, 2.75) is 0 Å². The van der Waals surface area contributed by atoms with Gasteiger partial charge in [0.1, 0.15) is 6.07 Å². The normalized spacial score (nSPS) is 9.94. The zero-order chi connectivity index (χ0) is 13.5. The number of nitro benzene ring substituents is 1. The number of benzene rings is 1. The summed E-state index contributed by atoms with van der Waals surface area (Å²) >= 11 is 0. The highest BCUT2D eigenvalue weighted by atomic mass is 16.6. The Morgan fingerprint density at radius 1 is 1.61 bits per heavy atom. The molecule has 0 radical (unpaired) electrons. The molecule has 1 rings (SSSR count). The van der Waals surface area contributed by atoms with E-state index in [4.69, 9.17) is 15.1 Å². The molecule has 7 heteroatoms. The molecule has 0 saturated heterocycles. The maximum absolute atomic E-state index is 10.8. The minimum absolute atomic E-state index is 0.0333. The molecular formula is C11H8N2O5. The Morgan fingerprint density at radius 2 is 2.33 bits per heavy atom. The van der Waals surface area contributed by atoms with Crippen LogP contribution in [0.25, 0.3) is 6.08 Å². The van der Waals surface area contributed by atoms with Crippen molar-refractivity contribution in [3.05, 3.63) is 40.0 Å². The van der Waals surface area contributed by atoms with Crippen molar-refractivity contribution < 1.29 is 19.6 Å². The van der Waals surface area contributed by atoms with Crippen molar-refractivity contribution in [1.82, 2.24) is 0 Å². The van der Waals surface area contributed by atoms with E-state index >= 15 is 0 Å². The van der Waals surface area contributed by atoms with Crippen LogP contribution in [0.4, 0.5) is 5.69 Å². The van der Waals surface area contributed by atoms with Gasteiger partial charge in [-0.05, 0) is 17.7 Å². The monoisotopic (exact) mass is 248 g/mol. The molecule has 0 spiro atoms. The summed E-state index contributed by atoms with van der Waals surface area (Å²) in [7, 11) is 0. The summed E-state index contributed by atoms with van der Waals surface area (Å²) in [6, 6.07) is 5.65. The first-order valence-electron chi connectivity index (χ1n) is 4.74. The van der Waals surface area contributed by atoms with Gasteiger partial charge in [-0.2, -0.15) is 5.26 Å². The number of nitro groups is 1. The van der Waals surface area contributed by atoms with E-state index in [2.05, 4.69) is 0 Å². The summed E-state index contributed by atoms with van der Waals surface area (Å²) in [6.45, 7) is -0.300. The summed E-state index contributed by atoms with van der Waals surface area (Å²) < 4.78 is 4.88. The molecule has 0 saturated carbocycles. The van der Waals surface area contributed by atoms with Crippen LogP contribution in [0.3, 0.4) is 0 Å². The van der Waals surface area contributed by atoms with Crippen molar-refractivity contribution in [3.63, 3.8) is 0 Å². The van der Waals surface area contributed by atoms with Crippen LogP contribution in [0.5, 0.6) is 5.75 Å². The van der Waals surface area contributed by atoms with E-state index in [1.807, 2.05) is 0 Å². The van der Waals surface area contributed by atoms with E-state index in [-0.39, 0.29) is 18.0 Å². The van der Waals surface area contributed by atoms with Crippen molar-refractivity contribution in [3.8, 4) is 11.8 Å². The summed E-state index contributed by atoms with van der Waals surface area (Å²) in [5.41, 5.74) is 0.0335. The van der Waals surface area contributed by atoms with Crippen molar-refractivity contribution >= 4 is 17.7 Å². The second kappa shape index (κ2) is 6.00. The third kappa shape index (κ3) is 3.61. The van der Waals surface area contributed by atoms with E-state index in [0.717, 1.165) is 6.08 Å². The van der Waals surface area contributed by atoms with Gasteiger partial charge in [0, 0.05) is 12.1 Å². The van der Waals surface area contributed by atoms with Gasteiger partial charge in [0.05, 0.1) is 4.92 Å². The number of carboxylic acids is 1. The number of rotatable bonds is 5. The van der Waals surface area contributed by atoms with Crippen LogP contribution in [0, 0.1) is 21.4 Å². The summed E-state index contributed by atoms with van der Waals surface area (Å²) in [4.78, 5) is 20.4. The second-order valence-corrected chi connectivity index (χ2v) is 3.10. The molecule has 0 aliphatic carbocycles. The Labute approximate surface area is 102 Å². The average molecular weight is 248 g/mol. The van der Waals surface area contributed by atoms with Gasteiger partial charge >= 0.3 is 11.7 Å². The van der Waals surface area contributed by atoms with Crippen LogP contribution in [0.2, 0.25) is 0 Å². The van der Waals surface area contributed by atoms with E-state index in [1.54, 1.807) is 6.07 Å². The number of nitriles is 1. The maximum atomic E-state index is 10.8. The highest BCUT2D eigenvalue weighted by Crippen LogP contribution is 2.28. The molecule has 1 aromatic rings. The number of carbonyl (C=O) groups is 1. The van der Waals surface area contributed by atoms with Gasteiger partial charge in [-0.25, -0.2) is 4.79 Å². The fraction of sp³-hybridized carbons (Fsp3) is 0.0909. The molecule has 92 valence electrons. The van der Waals surface area contributed by atoms with E-state index in [1.165, 1.54) is 24.3 Å². The molecule has 0 unspecified atom stereocenters. The highest BCUT2D eigenvalue weighted by molar-refractivity contribution is 5.85. The Morgan fingerprint density at radius 3 is 2.89 bits per heavy atom. The van der Waals surface area contributed by atoms with Crippen molar-refractivity contribution in [1.29, 1.82) is 5.26 Å². The topological polar surface area (TPSA) is 113 Å². The lowest BCUT2D eigenvalue weighted by molar-refractivity contribution is -0.385. The zero-order valence-electron chi connectivity index (χ0n) is 9.07. The van der Waals surface area contributed by atoms with E-state index < -0.39 is 10.9 Å². The van der Waals surface area contributed by atoms with Gasteiger partial charge in [0.15, 0.2) is 12.4 Å². The first kappa shape index (κ1) is 13.2. The van der Waals surface area contributed by atoms with Crippen LogP contribution in [-0.4, -0.2) is 22.6 Å². The molecular weight excluding hydrogens is 240 g/mol. The highest BCUT2D eigenvalue weighted by Gasteiger charge is 2.15. The third-order valence-electron chi connectivity index (χ3n) is 1.89. The number of nitrogens with zero attached hydrogens (tertiary/aromatic N) is 2. The Hall–Kier alpha value is -2.88. The first-order chi connectivity index (χ1) is 8.54. The lowest BCUT2D eigenvalue weighted by atomic mass is 10.1. The lowest BCUT2D eigenvalue weighted by Crippen LogP contribution is -1.98. The van der Waals surface area contributed by atoms with Gasteiger partial charge in [0.2, 0.25) is 0 Å². The fourth-order valence-electron chi connectivity index (χ4n) is 1.18. The number of ether oxygens (including phenoxy) is 1. The van der Waals surface area contributed by atoms with Crippen molar-refractivity contribution in [2.24, 2.45) is 0 Å². The summed E-state index contributed by atoms with van der Waals surface area (Å²) in [6.07, 6.45) is 2.10. The zero-order valence-corrected chi connectivity index (χ0v) is 9.07. The van der Waals surface area contributed by atoms with Crippen LogP contribution in [-0.2, 0) is 4.79 Å². The number of hydrogen-bond donors (Lipinski definition) is 1. The summed E-state index contributed by atoms with van der Waals surface area (Å²) in [5.74, 6) is -1.18. The molecule has 18 heavy (non-hydrogen) atoms. The van der Waals surface area contributed by atoms with Crippen molar-refractivity contribution in [2.75, 3.05) is 6.61 Å². The van der Waals surface area contributed by atoms with Gasteiger partial charge < -0.3 is 9.84 Å². The van der Waals surface area contributed by atoms with E-state index in [0.29, 0.717) is 5.56 Å². The standard InChI is InChI=1S/C11H8N2O5/c12-5-6-18-10-3-1-8(2-4-11(14)15)7-9(10)13(16)17/h1-4,7H,6H2,(H,14,15)/b4-2+. The molecule has 0 atom stereocenters. The molecule has 0 aliphatic heterocycles. The predicted octanol–water partition coefficient (Wildman–Crippen LogP) is 1.59. The largest absolute Gasteiger partial charge is 0.478 e. The molecule has 0 amide bonds. The van der Waals surface area contributed by atoms with Crippen LogP contribution in [0.1, 0.15) is 5.56 Å². The predicted molar refractivity (Wildman–Crippen MR) is 60.9 cm³/mol. The molecule has 0 aromatic heterocycles. The lowest BCUT2D eigenvalue weighted by Gasteiger charge is -2.03. The number of carboxylic acid groups (broad SMARTS) is 1. The van der Waals surface area contributed by atoms with E-state index in [9.17, 15) is 14.9 Å². The quantitative estimate of drug-likeness (QED) is 0.480. The molecule has 0 fully saturated rings. The Bertz CT molecular complexity index is 545. The minimum Gasteiger partial charge on any atom is -0.478 e. The second-order valence-electron chi connectivity index (χ2n) is 3.10. The molecule has 1 aromatic carbocycles. The minimum atomic E-state index is -1.15. The number of aliphatic carboxylic acids is 1. The van der Waals surface area contributed by atoms with Crippen LogP contribution in [0.15, 0.2) is 24.3 Å². The Kier molecular flexibility index (Phi) is 4.40. The van der Waals surface area contributed by atoms with Gasteiger partial charge in [-0.1, -0.05) is 6.07 Å². The molecule has 7 nitrogen and oxygen atoms in total. The molecule has 0 aliphatic rings. The van der Waals surface area contributed by atoms with Gasteiger partial charge in [-0.15, -0.1) is 0 Å². The number of hydrogen-bond acceptors (Lipinski definition) is 5. The fourth-order valence-corrected chi connectivity index (χ4v) is 1.18. The Balaban J connectivity index is 3.07. The molecule has 0 heterocycles. The third-order valence-corrected chi connectivity index (χ3v) is 1.89. The average Bonchev–Trinajstić information content (AvgIpc) is 2.34. The maximum Gasteiger partial charge on any atom is 0.328 e. The van der Waals surface area contributed by atoms with Gasteiger partial charge in [0.25, 0.3) is 0 Å². The molecule has 1 N–H and O–H groups in total. The first-order valence-corrected chi connectivity index (χ1v) is 4.74. The SMILES string of the molecule is N#CCOc1ccc(/C=C/C(=O)O)cc1[N+](=O)[O-]. The van der Waals surface area contributed by atoms with Crippen LogP contribution < -0.4 is 4.74 Å². The van der Waals surface area contributed by atoms with Gasteiger partial charge in [-0.3, -0.25) is 10.1 Å². The summed E-state index contributed by atoms with van der Waals surface area (Å²) in [5, 5.41) is 27.6. The van der Waals surface area contributed by atoms with Crippen LogP contribution >= 0.6 is 0 Å². The molecule has 0 bridgehead atoms. The smallest absolute Gasteiger partial charge is 0.328 e.